The molecule has 0 aliphatic carbocycles. The van der Waals surface area contributed by atoms with E-state index in [0.717, 1.165) is 19.6 Å². The Morgan fingerprint density at radius 3 is 2.13 bits per heavy atom. The predicted molar refractivity (Wildman–Crippen MR) is 130 cm³/mol. The summed E-state index contributed by atoms with van der Waals surface area (Å²) < 4.78 is 64.5. The van der Waals surface area contributed by atoms with Crippen molar-refractivity contribution in [2.75, 3.05) is 49.5 Å². The van der Waals surface area contributed by atoms with Gasteiger partial charge in [-0.25, -0.2) is 18.0 Å². The van der Waals surface area contributed by atoms with E-state index < -0.39 is 28.1 Å². The van der Waals surface area contributed by atoms with Crippen LogP contribution in [0, 0.1) is 11.3 Å². The van der Waals surface area contributed by atoms with Crippen LogP contribution in [0.3, 0.4) is 0 Å². The van der Waals surface area contributed by atoms with Gasteiger partial charge in [0.2, 0.25) is 0 Å². The van der Waals surface area contributed by atoms with E-state index in [9.17, 15) is 31.5 Å². The lowest BCUT2D eigenvalue weighted by molar-refractivity contribution is -0.192. The lowest BCUT2D eigenvalue weighted by Gasteiger charge is -2.36. The number of nitrogens with one attached hydrogen (secondary N) is 1. The number of nitriles is 1. The first-order valence-corrected chi connectivity index (χ1v) is 12.5. The minimum Gasteiger partial charge on any atom is -0.497 e. The van der Waals surface area contributed by atoms with Crippen molar-refractivity contribution in [3.05, 3.63) is 48.0 Å². The molecule has 0 amide bonds. The molecule has 3 rings (SSSR count). The average Bonchev–Trinajstić information content (AvgIpc) is 2.87. The molecule has 1 saturated heterocycles. The summed E-state index contributed by atoms with van der Waals surface area (Å²) in [6.07, 6.45) is -4.60. The monoisotopic (exact) mass is 558 g/mol. The van der Waals surface area contributed by atoms with Gasteiger partial charge in [0.05, 0.1) is 29.3 Å². The Morgan fingerprint density at radius 1 is 1.08 bits per heavy atom. The molecule has 1 aliphatic heterocycles. The maximum Gasteiger partial charge on any atom is 0.490 e. The van der Waals surface area contributed by atoms with Crippen LogP contribution in [0.2, 0.25) is 0 Å². The number of alkyl halides is 3. The molecule has 2 aromatic carbocycles. The average molecular weight is 559 g/mol. The second-order valence-corrected chi connectivity index (χ2v) is 9.54. The molecule has 0 bridgehead atoms. The quantitative estimate of drug-likeness (QED) is 0.440. The fourth-order valence-corrected chi connectivity index (χ4v) is 4.47. The van der Waals surface area contributed by atoms with Gasteiger partial charge >= 0.3 is 18.1 Å². The second-order valence-electron chi connectivity index (χ2n) is 7.86. The third-order valence-electron chi connectivity index (χ3n) is 5.37. The standard InChI is InChI=1S/C21H24N4O5S.C2HF3O2/c1-30-17-4-6-18(7-5-17)31(28,29)23-20-8-3-16(15-19(20)21(26)27)25-13-11-24(12-14-25)10-2-9-22;3-2(4,5)1(6)7/h3-8,15,23H,2,10-14H2,1H3,(H,26,27);(H,6,7). The van der Waals surface area contributed by atoms with Gasteiger partial charge < -0.3 is 19.8 Å². The van der Waals surface area contributed by atoms with Gasteiger partial charge in [-0.15, -0.1) is 0 Å². The maximum atomic E-state index is 12.7. The second kappa shape index (κ2) is 13.0. The minimum absolute atomic E-state index is 0.000255. The van der Waals surface area contributed by atoms with E-state index in [0.29, 0.717) is 30.9 Å². The molecule has 2 aromatic rings. The molecule has 15 heteroatoms. The first kappa shape index (κ1) is 30.2. The van der Waals surface area contributed by atoms with E-state index in [-0.39, 0.29) is 16.1 Å². The van der Waals surface area contributed by atoms with Crippen molar-refractivity contribution >= 4 is 33.3 Å². The van der Waals surface area contributed by atoms with Crippen LogP contribution in [0.4, 0.5) is 24.5 Å². The Labute approximate surface area is 216 Å². The number of hydrogen-bond acceptors (Lipinski definition) is 8. The van der Waals surface area contributed by atoms with Crippen molar-refractivity contribution in [2.24, 2.45) is 0 Å². The summed E-state index contributed by atoms with van der Waals surface area (Å²) >= 11 is 0. The van der Waals surface area contributed by atoms with E-state index in [1.54, 1.807) is 6.07 Å². The zero-order valence-corrected chi connectivity index (χ0v) is 20.9. The van der Waals surface area contributed by atoms with E-state index in [1.807, 2.05) is 0 Å². The number of carbonyl (C=O) groups is 2. The number of carboxylic acid groups (broad SMARTS) is 2. The molecule has 0 atom stereocenters. The molecule has 1 heterocycles. The molecular formula is C23H25F3N4O7S. The molecule has 0 radical (unpaired) electrons. The molecule has 11 nitrogen and oxygen atoms in total. The number of aromatic carboxylic acids is 1. The van der Waals surface area contributed by atoms with Crippen molar-refractivity contribution in [1.29, 1.82) is 5.26 Å². The number of benzene rings is 2. The number of piperazine rings is 1. The summed E-state index contributed by atoms with van der Waals surface area (Å²) in [4.78, 5) is 25.0. The van der Waals surface area contributed by atoms with Crippen LogP contribution in [0.5, 0.6) is 5.75 Å². The van der Waals surface area contributed by atoms with Crippen molar-refractivity contribution in [1.82, 2.24) is 4.90 Å². The summed E-state index contributed by atoms with van der Waals surface area (Å²) in [7, 11) is -2.48. The zero-order valence-electron chi connectivity index (χ0n) is 20.1. The predicted octanol–water partition coefficient (Wildman–Crippen LogP) is 2.86. The summed E-state index contributed by atoms with van der Waals surface area (Å²) in [6.45, 7) is 3.66. The Kier molecular flexibility index (Phi) is 10.3. The number of ether oxygens (including phenoxy) is 1. The number of sulfonamides is 1. The van der Waals surface area contributed by atoms with E-state index in [2.05, 4.69) is 20.6 Å². The van der Waals surface area contributed by atoms with E-state index in [1.165, 1.54) is 43.5 Å². The number of nitrogens with zero attached hydrogens (tertiary/aromatic N) is 3. The van der Waals surface area contributed by atoms with Gasteiger partial charge in [-0.05, 0) is 42.5 Å². The number of halogens is 3. The van der Waals surface area contributed by atoms with Gasteiger partial charge in [0, 0.05) is 44.8 Å². The Bertz CT molecular complexity index is 1270. The van der Waals surface area contributed by atoms with Crippen molar-refractivity contribution in [2.45, 2.75) is 17.5 Å². The number of methoxy groups -OCH3 is 1. The van der Waals surface area contributed by atoms with Crippen LogP contribution in [0.25, 0.3) is 0 Å². The molecule has 0 saturated carbocycles. The summed E-state index contributed by atoms with van der Waals surface area (Å²) in [6, 6.07) is 12.6. The number of rotatable bonds is 8. The molecule has 0 aromatic heterocycles. The zero-order chi connectivity index (χ0) is 28.5. The van der Waals surface area contributed by atoms with E-state index >= 15 is 0 Å². The maximum absolute atomic E-state index is 12.7. The molecule has 0 unspecified atom stereocenters. The highest BCUT2D eigenvalue weighted by Crippen LogP contribution is 2.27. The highest BCUT2D eigenvalue weighted by Gasteiger charge is 2.38. The molecule has 0 spiro atoms. The molecule has 38 heavy (non-hydrogen) atoms. The smallest absolute Gasteiger partial charge is 0.490 e. The van der Waals surface area contributed by atoms with Crippen molar-refractivity contribution in [3.8, 4) is 11.8 Å². The summed E-state index contributed by atoms with van der Waals surface area (Å²) in [5.74, 6) is -3.46. The van der Waals surface area contributed by atoms with Crippen molar-refractivity contribution in [3.63, 3.8) is 0 Å². The molecular weight excluding hydrogens is 533 g/mol. The van der Waals surface area contributed by atoms with E-state index in [4.69, 9.17) is 19.9 Å². The number of aliphatic carboxylic acids is 1. The van der Waals surface area contributed by atoms with Gasteiger partial charge in [0.1, 0.15) is 5.75 Å². The Hall–Kier alpha value is -4.03. The third-order valence-corrected chi connectivity index (χ3v) is 6.75. The van der Waals surface area contributed by atoms with Crippen LogP contribution in [-0.4, -0.2) is 81.5 Å². The largest absolute Gasteiger partial charge is 0.497 e. The lowest BCUT2D eigenvalue weighted by atomic mass is 10.1. The van der Waals surface area contributed by atoms with Gasteiger partial charge in [-0.2, -0.15) is 18.4 Å². The normalized spacial score (nSPS) is 14.0. The number of hydrogen-bond donors (Lipinski definition) is 3. The highest BCUT2D eigenvalue weighted by molar-refractivity contribution is 7.92. The summed E-state index contributed by atoms with van der Waals surface area (Å²) in [5.41, 5.74) is 0.589. The molecule has 1 fully saturated rings. The Balaban J connectivity index is 0.000000638. The third kappa shape index (κ3) is 8.53. The SMILES string of the molecule is COc1ccc(S(=O)(=O)Nc2ccc(N3CCN(CCC#N)CC3)cc2C(=O)O)cc1.O=C(O)C(F)(F)F. The molecule has 1 aliphatic rings. The van der Waals surface area contributed by atoms with Gasteiger partial charge in [0.15, 0.2) is 0 Å². The first-order chi connectivity index (χ1) is 17.8. The van der Waals surface area contributed by atoms with Crippen LogP contribution in [0.1, 0.15) is 16.8 Å². The topological polar surface area (TPSA) is 160 Å². The van der Waals surface area contributed by atoms with Crippen LogP contribution >= 0.6 is 0 Å². The summed E-state index contributed by atoms with van der Waals surface area (Å²) in [5, 5.41) is 25.5. The lowest BCUT2D eigenvalue weighted by Crippen LogP contribution is -2.46. The Morgan fingerprint density at radius 2 is 1.66 bits per heavy atom. The van der Waals surface area contributed by atoms with Crippen LogP contribution < -0.4 is 14.4 Å². The van der Waals surface area contributed by atoms with Crippen LogP contribution in [0.15, 0.2) is 47.4 Å². The highest BCUT2D eigenvalue weighted by atomic mass is 32.2. The molecule has 206 valence electrons. The fraction of sp³-hybridized carbons (Fsp3) is 0.348. The van der Waals surface area contributed by atoms with Gasteiger partial charge in [-0.3, -0.25) is 9.62 Å². The number of carboxylic acids is 2. The van der Waals surface area contributed by atoms with Gasteiger partial charge in [-0.1, -0.05) is 0 Å². The first-order valence-electron chi connectivity index (χ1n) is 11.0. The van der Waals surface area contributed by atoms with Crippen molar-refractivity contribution < 1.29 is 46.1 Å². The number of anilines is 2. The fourth-order valence-electron chi connectivity index (χ4n) is 3.39. The van der Waals surface area contributed by atoms with Gasteiger partial charge in [0.25, 0.3) is 10.0 Å². The van der Waals surface area contributed by atoms with Crippen LogP contribution in [-0.2, 0) is 14.8 Å². The minimum atomic E-state index is -5.08. The molecule has 3 N–H and O–H groups in total.